The molecule has 1 fully saturated rings. The molecule has 1 unspecified atom stereocenters. The van der Waals surface area contributed by atoms with E-state index in [-0.39, 0.29) is 24.3 Å². The standard InChI is InChI=1S/C21H26N4O3/c1-3-25-16-12-24(10-9-17(26)22-15-7-8-15)20(27)18(16)19(23-21(25)28)14-6-4-5-13(2)11-14/h4-6,11,15,19H,3,7-10,12H2,1-2H3,(H,22,26)(H,23,28). The number of hydrogen-bond donors (Lipinski definition) is 2. The van der Waals surface area contributed by atoms with E-state index in [1.165, 1.54) is 0 Å². The molecule has 28 heavy (non-hydrogen) atoms. The van der Waals surface area contributed by atoms with Gasteiger partial charge in [0.15, 0.2) is 0 Å². The fraction of sp³-hybridized carbons (Fsp3) is 0.476. The summed E-state index contributed by atoms with van der Waals surface area (Å²) in [6, 6.07) is 7.53. The number of carbonyl (C=O) groups excluding carboxylic acids is 3. The van der Waals surface area contributed by atoms with Crippen molar-refractivity contribution in [2.75, 3.05) is 19.6 Å². The Morgan fingerprint density at radius 1 is 1.29 bits per heavy atom. The number of rotatable bonds is 6. The number of nitrogens with zero attached hydrogens (tertiary/aromatic N) is 2. The topological polar surface area (TPSA) is 81.8 Å². The maximum absolute atomic E-state index is 13.2. The lowest BCUT2D eigenvalue weighted by atomic mass is 9.94. The summed E-state index contributed by atoms with van der Waals surface area (Å²) in [5, 5.41) is 5.94. The monoisotopic (exact) mass is 382 g/mol. The fourth-order valence-corrected chi connectivity index (χ4v) is 3.93. The van der Waals surface area contributed by atoms with Crippen LogP contribution in [-0.2, 0) is 9.59 Å². The first-order valence-corrected chi connectivity index (χ1v) is 9.94. The maximum atomic E-state index is 13.2. The molecule has 4 amide bonds. The number of hydrogen-bond acceptors (Lipinski definition) is 3. The minimum absolute atomic E-state index is 0.0167. The Hall–Kier alpha value is -2.83. The van der Waals surface area contributed by atoms with E-state index in [9.17, 15) is 14.4 Å². The fourth-order valence-electron chi connectivity index (χ4n) is 3.93. The largest absolute Gasteiger partial charge is 0.353 e. The van der Waals surface area contributed by atoms with Crippen LogP contribution < -0.4 is 10.6 Å². The molecule has 2 N–H and O–H groups in total. The second kappa shape index (κ2) is 7.30. The van der Waals surface area contributed by atoms with Gasteiger partial charge in [-0.1, -0.05) is 29.8 Å². The summed E-state index contributed by atoms with van der Waals surface area (Å²) < 4.78 is 0. The van der Waals surface area contributed by atoms with E-state index < -0.39 is 6.04 Å². The third-order valence-electron chi connectivity index (χ3n) is 5.54. The molecular formula is C21H26N4O3. The van der Waals surface area contributed by atoms with Crippen molar-refractivity contribution in [3.63, 3.8) is 0 Å². The molecule has 3 aliphatic rings. The van der Waals surface area contributed by atoms with Gasteiger partial charge in [-0.25, -0.2) is 4.79 Å². The second-order valence-electron chi connectivity index (χ2n) is 7.72. The zero-order valence-corrected chi connectivity index (χ0v) is 16.3. The lowest BCUT2D eigenvalue weighted by molar-refractivity contribution is -0.127. The molecule has 7 nitrogen and oxygen atoms in total. The van der Waals surface area contributed by atoms with Crippen LogP contribution in [0.3, 0.4) is 0 Å². The van der Waals surface area contributed by atoms with Crippen molar-refractivity contribution in [1.29, 1.82) is 0 Å². The van der Waals surface area contributed by atoms with Gasteiger partial charge in [0, 0.05) is 25.6 Å². The van der Waals surface area contributed by atoms with Crippen LogP contribution in [0.15, 0.2) is 35.5 Å². The van der Waals surface area contributed by atoms with Crippen molar-refractivity contribution in [2.45, 2.75) is 45.2 Å². The predicted molar refractivity (Wildman–Crippen MR) is 104 cm³/mol. The highest BCUT2D eigenvalue weighted by molar-refractivity contribution is 6.01. The SMILES string of the molecule is CCN1C(=O)NC(c2cccc(C)c2)C2=C1CN(CCC(=O)NC1CC1)C2=O. The van der Waals surface area contributed by atoms with E-state index in [4.69, 9.17) is 0 Å². The highest BCUT2D eigenvalue weighted by Crippen LogP contribution is 2.36. The summed E-state index contributed by atoms with van der Waals surface area (Å²) in [5.41, 5.74) is 3.35. The Labute approximate surface area is 164 Å². The number of benzene rings is 1. The summed E-state index contributed by atoms with van der Waals surface area (Å²) in [4.78, 5) is 41.2. The van der Waals surface area contributed by atoms with E-state index in [1.807, 2.05) is 38.1 Å². The molecule has 1 aromatic carbocycles. The van der Waals surface area contributed by atoms with Crippen molar-refractivity contribution >= 4 is 17.8 Å². The molecule has 1 aromatic rings. The molecular weight excluding hydrogens is 356 g/mol. The van der Waals surface area contributed by atoms with Gasteiger partial charge in [-0.3, -0.25) is 14.5 Å². The van der Waals surface area contributed by atoms with E-state index >= 15 is 0 Å². The molecule has 1 atom stereocenters. The van der Waals surface area contributed by atoms with Crippen LogP contribution >= 0.6 is 0 Å². The third kappa shape index (κ3) is 3.48. The van der Waals surface area contributed by atoms with Crippen molar-refractivity contribution in [3.05, 3.63) is 46.7 Å². The summed E-state index contributed by atoms with van der Waals surface area (Å²) in [7, 11) is 0. The van der Waals surface area contributed by atoms with Crippen LogP contribution in [0.1, 0.15) is 43.4 Å². The number of likely N-dealkylation sites (N-methyl/N-ethyl adjacent to an activating group) is 1. The van der Waals surface area contributed by atoms with Crippen LogP contribution in [0.2, 0.25) is 0 Å². The summed E-state index contributed by atoms with van der Waals surface area (Å²) in [6.07, 6.45) is 2.37. The third-order valence-corrected chi connectivity index (χ3v) is 5.54. The molecule has 0 spiro atoms. The number of nitrogens with one attached hydrogen (secondary N) is 2. The van der Waals surface area contributed by atoms with Crippen LogP contribution in [0.25, 0.3) is 0 Å². The highest BCUT2D eigenvalue weighted by Gasteiger charge is 2.43. The van der Waals surface area contributed by atoms with Crippen molar-refractivity contribution in [1.82, 2.24) is 20.4 Å². The molecule has 0 aromatic heterocycles. The quantitative estimate of drug-likeness (QED) is 0.788. The van der Waals surface area contributed by atoms with Gasteiger partial charge < -0.3 is 15.5 Å². The van der Waals surface area contributed by atoms with Gasteiger partial charge in [-0.15, -0.1) is 0 Å². The molecule has 1 aliphatic carbocycles. The van der Waals surface area contributed by atoms with Crippen molar-refractivity contribution < 1.29 is 14.4 Å². The molecule has 0 bridgehead atoms. The highest BCUT2D eigenvalue weighted by atomic mass is 16.2. The minimum Gasteiger partial charge on any atom is -0.353 e. The molecule has 1 saturated carbocycles. The van der Waals surface area contributed by atoms with Gasteiger partial charge in [0.25, 0.3) is 5.91 Å². The Bertz CT molecular complexity index is 859. The Morgan fingerprint density at radius 3 is 2.75 bits per heavy atom. The smallest absolute Gasteiger partial charge is 0.322 e. The first kappa shape index (κ1) is 18.5. The van der Waals surface area contributed by atoms with Gasteiger partial charge in [0.05, 0.1) is 23.9 Å². The lowest BCUT2D eigenvalue weighted by Crippen LogP contribution is -2.47. The molecule has 7 heteroatoms. The van der Waals surface area contributed by atoms with Crippen LogP contribution in [0, 0.1) is 6.92 Å². The van der Waals surface area contributed by atoms with E-state index in [0.717, 1.165) is 29.7 Å². The Morgan fingerprint density at radius 2 is 2.07 bits per heavy atom. The molecule has 0 saturated heterocycles. The van der Waals surface area contributed by atoms with Gasteiger partial charge in [-0.2, -0.15) is 0 Å². The predicted octanol–water partition coefficient (Wildman–Crippen LogP) is 1.85. The van der Waals surface area contributed by atoms with Crippen molar-refractivity contribution in [2.24, 2.45) is 0 Å². The Balaban J connectivity index is 1.56. The van der Waals surface area contributed by atoms with Gasteiger partial charge in [0.1, 0.15) is 0 Å². The molecule has 2 heterocycles. The molecule has 0 radical (unpaired) electrons. The average molecular weight is 382 g/mol. The van der Waals surface area contributed by atoms with Gasteiger partial charge >= 0.3 is 6.03 Å². The lowest BCUT2D eigenvalue weighted by Gasteiger charge is -2.33. The maximum Gasteiger partial charge on any atom is 0.322 e. The number of aryl methyl sites for hydroxylation is 1. The van der Waals surface area contributed by atoms with E-state index in [2.05, 4.69) is 10.6 Å². The minimum atomic E-state index is -0.456. The molecule has 148 valence electrons. The van der Waals surface area contributed by atoms with E-state index in [1.54, 1.807) is 9.80 Å². The van der Waals surface area contributed by atoms with Crippen molar-refractivity contribution in [3.8, 4) is 0 Å². The second-order valence-corrected chi connectivity index (χ2v) is 7.72. The Kier molecular flexibility index (Phi) is 4.83. The summed E-state index contributed by atoms with van der Waals surface area (Å²) in [5.74, 6) is -0.115. The van der Waals surface area contributed by atoms with Crippen LogP contribution in [0.5, 0.6) is 0 Å². The first-order chi connectivity index (χ1) is 13.5. The first-order valence-electron chi connectivity index (χ1n) is 9.94. The number of urea groups is 1. The van der Waals surface area contributed by atoms with Crippen LogP contribution in [-0.4, -0.2) is 53.3 Å². The zero-order valence-electron chi connectivity index (χ0n) is 16.3. The molecule has 4 rings (SSSR count). The zero-order chi connectivity index (χ0) is 19.8. The van der Waals surface area contributed by atoms with Gasteiger partial charge in [0.2, 0.25) is 5.91 Å². The number of amides is 4. The number of carbonyl (C=O) groups is 3. The normalized spacial score (nSPS) is 21.7. The van der Waals surface area contributed by atoms with Gasteiger partial charge in [-0.05, 0) is 32.3 Å². The summed E-state index contributed by atoms with van der Waals surface area (Å²) >= 11 is 0. The van der Waals surface area contributed by atoms with Crippen LogP contribution in [0.4, 0.5) is 4.79 Å². The van der Waals surface area contributed by atoms with E-state index in [0.29, 0.717) is 31.2 Å². The summed E-state index contributed by atoms with van der Waals surface area (Å²) in [6.45, 7) is 5.11. The molecule has 2 aliphatic heterocycles. The average Bonchev–Trinajstić information content (AvgIpc) is 3.42.